The predicted octanol–water partition coefficient (Wildman–Crippen LogP) is 3.53. The van der Waals surface area contributed by atoms with Crippen LogP contribution in [0.1, 0.15) is 42.1 Å². The Labute approximate surface area is 114 Å². The van der Waals surface area contributed by atoms with Gasteiger partial charge in [0.1, 0.15) is 0 Å². The average Bonchev–Trinajstić information content (AvgIpc) is 2.72. The van der Waals surface area contributed by atoms with E-state index in [9.17, 15) is 5.11 Å². The van der Waals surface area contributed by atoms with Crippen LogP contribution in [0.15, 0.2) is 12.1 Å². The molecular weight excluding hydrogens is 234 g/mol. The molecule has 2 aromatic rings. The summed E-state index contributed by atoms with van der Waals surface area (Å²) in [5.74, 6) is 0.328. The molecule has 0 radical (unpaired) electrons. The minimum atomic E-state index is 0.261. The largest absolute Gasteiger partial charge is 0.396 e. The third kappa shape index (κ3) is 2.30. The molecule has 1 aliphatic rings. The number of H-pyrrole nitrogens is 1. The zero-order valence-corrected chi connectivity index (χ0v) is 11.9. The van der Waals surface area contributed by atoms with Gasteiger partial charge in [-0.1, -0.05) is 6.92 Å². The monoisotopic (exact) mass is 257 g/mol. The molecule has 0 aliphatic heterocycles. The Balaban J connectivity index is 2.09. The molecule has 0 saturated heterocycles. The van der Waals surface area contributed by atoms with Gasteiger partial charge in [0.15, 0.2) is 0 Å². The molecule has 19 heavy (non-hydrogen) atoms. The molecule has 0 spiro atoms. The van der Waals surface area contributed by atoms with Gasteiger partial charge in [-0.05, 0) is 73.8 Å². The van der Waals surface area contributed by atoms with Crippen LogP contribution < -0.4 is 0 Å². The first kappa shape index (κ1) is 12.7. The Kier molecular flexibility index (Phi) is 3.36. The van der Waals surface area contributed by atoms with Gasteiger partial charge in [0.05, 0.1) is 0 Å². The van der Waals surface area contributed by atoms with Gasteiger partial charge in [0, 0.05) is 23.2 Å². The van der Waals surface area contributed by atoms with Crippen LogP contribution in [0, 0.1) is 12.8 Å². The highest BCUT2D eigenvalue weighted by atomic mass is 16.3. The maximum Gasteiger partial charge on any atom is 0.0461 e. The summed E-state index contributed by atoms with van der Waals surface area (Å²) in [6.07, 6.45) is 6.06. The molecule has 2 N–H and O–H groups in total. The Hall–Kier alpha value is -1.28. The molecule has 1 heterocycles. The Morgan fingerprint density at radius 1 is 1.21 bits per heavy atom. The number of nitrogens with one attached hydrogen (secondary N) is 1. The summed E-state index contributed by atoms with van der Waals surface area (Å²) in [6.45, 7) is 4.52. The highest BCUT2D eigenvalue weighted by Crippen LogP contribution is 2.31. The third-order valence-corrected chi connectivity index (χ3v) is 4.45. The summed E-state index contributed by atoms with van der Waals surface area (Å²) in [4.78, 5) is 3.52. The van der Waals surface area contributed by atoms with E-state index in [0.29, 0.717) is 5.92 Å². The normalized spacial score (nSPS) is 16.6. The van der Waals surface area contributed by atoms with Gasteiger partial charge in [-0.15, -0.1) is 0 Å². The number of aliphatic hydroxyl groups is 1. The molecule has 1 aliphatic carbocycles. The van der Waals surface area contributed by atoms with E-state index in [2.05, 4.69) is 31.0 Å². The molecule has 0 bridgehead atoms. The van der Waals surface area contributed by atoms with Crippen LogP contribution in [-0.2, 0) is 19.3 Å². The number of aromatic nitrogens is 1. The van der Waals surface area contributed by atoms with Crippen LogP contribution in [0.2, 0.25) is 0 Å². The van der Waals surface area contributed by atoms with Crippen molar-refractivity contribution in [1.29, 1.82) is 0 Å². The van der Waals surface area contributed by atoms with Crippen LogP contribution in [-0.4, -0.2) is 16.7 Å². The van der Waals surface area contributed by atoms with Gasteiger partial charge in [0.2, 0.25) is 0 Å². The van der Waals surface area contributed by atoms with Gasteiger partial charge in [-0.2, -0.15) is 0 Å². The molecule has 2 heteroatoms. The molecular formula is C17H23NO. The van der Waals surface area contributed by atoms with Crippen molar-refractivity contribution in [3.8, 4) is 0 Å². The molecule has 0 fully saturated rings. The van der Waals surface area contributed by atoms with Crippen LogP contribution in [0.4, 0.5) is 0 Å². The van der Waals surface area contributed by atoms with Crippen LogP contribution in [0.25, 0.3) is 10.9 Å². The summed E-state index contributed by atoms with van der Waals surface area (Å²) >= 11 is 0. The molecule has 0 saturated carbocycles. The number of fused-ring (bicyclic) bond motifs is 2. The van der Waals surface area contributed by atoms with E-state index in [1.165, 1.54) is 59.0 Å². The number of rotatable bonds is 3. The first-order chi connectivity index (χ1) is 9.19. The Morgan fingerprint density at radius 3 is 2.58 bits per heavy atom. The summed E-state index contributed by atoms with van der Waals surface area (Å²) in [5.41, 5.74) is 7.00. The lowest BCUT2D eigenvalue weighted by molar-refractivity contribution is 0.237. The molecule has 3 rings (SSSR count). The lowest BCUT2D eigenvalue weighted by Crippen LogP contribution is -2.05. The second kappa shape index (κ2) is 5.01. The molecule has 1 aromatic carbocycles. The van der Waals surface area contributed by atoms with Crippen LogP contribution >= 0.6 is 0 Å². The standard InChI is InChI=1S/C17H23NO/c1-11(10-19)7-15-12(2)18-17-9-14-6-4-3-5-13(14)8-16(15)17/h8-9,11,18-19H,3-7,10H2,1-2H3. The SMILES string of the molecule is Cc1[nH]c2cc3c(cc2c1CC(C)CO)CCCC3. The van der Waals surface area contributed by atoms with Crippen molar-refractivity contribution < 1.29 is 5.11 Å². The number of aryl methyl sites for hydroxylation is 3. The predicted molar refractivity (Wildman–Crippen MR) is 79.6 cm³/mol. The summed E-state index contributed by atoms with van der Waals surface area (Å²) in [7, 11) is 0. The fraction of sp³-hybridized carbons (Fsp3) is 0.529. The van der Waals surface area contributed by atoms with E-state index in [1.807, 2.05) is 0 Å². The highest BCUT2D eigenvalue weighted by molar-refractivity contribution is 5.86. The van der Waals surface area contributed by atoms with Crippen molar-refractivity contribution in [2.45, 2.75) is 46.0 Å². The van der Waals surface area contributed by atoms with Gasteiger partial charge < -0.3 is 10.1 Å². The fourth-order valence-electron chi connectivity index (χ4n) is 3.29. The van der Waals surface area contributed by atoms with Gasteiger partial charge in [0.25, 0.3) is 0 Å². The van der Waals surface area contributed by atoms with E-state index in [0.717, 1.165) is 6.42 Å². The van der Waals surface area contributed by atoms with E-state index >= 15 is 0 Å². The molecule has 1 atom stereocenters. The first-order valence-electron chi connectivity index (χ1n) is 7.43. The van der Waals surface area contributed by atoms with Crippen molar-refractivity contribution in [3.63, 3.8) is 0 Å². The van der Waals surface area contributed by atoms with Crippen molar-refractivity contribution in [2.75, 3.05) is 6.61 Å². The lowest BCUT2D eigenvalue weighted by atomic mass is 9.89. The second-order valence-corrected chi connectivity index (χ2v) is 6.09. The van der Waals surface area contributed by atoms with Crippen LogP contribution in [0.5, 0.6) is 0 Å². The second-order valence-electron chi connectivity index (χ2n) is 6.09. The fourth-order valence-corrected chi connectivity index (χ4v) is 3.29. The van der Waals surface area contributed by atoms with Crippen molar-refractivity contribution in [1.82, 2.24) is 4.98 Å². The summed E-state index contributed by atoms with van der Waals surface area (Å²) < 4.78 is 0. The number of aliphatic hydroxyl groups excluding tert-OH is 1. The van der Waals surface area contributed by atoms with Crippen molar-refractivity contribution in [2.24, 2.45) is 5.92 Å². The maximum atomic E-state index is 9.28. The molecule has 1 aromatic heterocycles. The zero-order chi connectivity index (χ0) is 13.4. The number of hydrogen-bond acceptors (Lipinski definition) is 1. The Bertz CT molecular complexity index is 597. The van der Waals surface area contributed by atoms with E-state index in [4.69, 9.17) is 0 Å². The molecule has 2 nitrogen and oxygen atoms in total. The minimum Gasteiger partial charge on any atom is -0.396 e. The summed E-state index contributed by atoms with van der Waals surface area (Å²) in [5, 5.41) is 10.7. The average molecular weight is 257 g/mol. The smallest absolute Gasteiger partial charge is 0.0461 e. The maximum absolute atomic E-state index is 9.28. The number of hydrogen-bond donors (Lipinski definition) is 2. The van der Waals surface area contributed by atoms with Crippen molar-refractivity contribution >= 4 is 10.9 Å². The van der Waals surface area contributed by atoms with Crippen LogP contribution in [0.3, 0.4) is 0 Å². The number of aromatic amines is 1. The van der Waals surface area contributed by atoms with Gasteiger partial charge in [-0.3, -0.25) is 0 Å². The third-order valence-electron chi connectivity index (χ3n) is 4.45. The quantitative estimate of drug-likeness (QED) is 0.867. The Morgan fingerprint density at radius 2 is 1.89 bits per heavy atom. The number of benzene rings is 1. The van der Waals surface area contributed by atoms with E-state index in [-0.39, 0.29) is 6.61 Å². The van der Waals surface area contributed by atoms with E-state index in [1.54, 1.807) is 0 Å². The molecule has 1 unspecified atom stereocenters. The van der Waals surface area contributed by atoms with E-state index < -0.39 is 0 Å². The lowest BCUT2D eigenvalue weighted by Gasteiger charge is -2.16. The first-order valence-corrected chi connectivity index (χ1v) is 7.43. The molecule has 102 valence electrons. The highest BCUT2D eigenvalue weighted by Gasteiger charge is 2.16. The molecule has 0 amide bonds. The topological polar surface area (TPSA) is 36.0 Å². The van der Waals surface area contributed by atoms with Gasteiger partial charge >= 0.3 is 0 Å². The zero-order valence-electron chi connectivity index (χ0n) is 11.9. The van der Waals surface area contributed by atoms with Gasteiger partial charge in [-0.25, -0.2) is 0 Å². The minimum absolute atomic E-state index is 0.261. The van der Waals surface area contributed by atoms with Crippen molar-refractivity contribution in [3.05, 3.63) is 34.5 Å². The summed E-state index contributed by atoms with van der Waals surface area (Å²) in [6, 6.07) is 4.75.